The number of halogens is 1. The van der Waals surface area contributed by atoms with Crippen LogP contribution in [0.5, 0.6) is 0 Å². The quantitative estimate of drug-likeness (QED) is 0.874. The maximum absolute atomic E-state index is 9.86. The highest BCUT2D eigenvalue weighted by Crippen LogP contribution is 2.12. The molecule has 0 saturated carbocycles. The molecule has 1 aromatic rings. The summed E-state index contributed by atoms with van der Waals surface area (Å²) in [5.41, 5.74) is 0.917. The van der Waals surface area contributed by atoms with Crippen LogP contribution in [0, 0.1) is 5.92 Å². The first-order valence-electron chi connectivity index (χ1n) is 5.39. The van der Waals surface area contributed by atoms with Gasteiger partial charge in [-0.1, -0.05) is 6.92 Å². The van der Waals surface area contributed by atoms with Gasteiger partial charge in [-0.2, -0.15) is 0 Å². The number of hydrogen-bond acceptors (Lipinski definition) is 3. The van der Waals surface area contributed by atoms with Crippen LogP contribution in [-0.4, -0.2) is 29.9 Å². The molecule has 0 radical (unpaired) electrons. The number of ether oxygens (including phenoxy) is 1. The van der Waals surface area contributed by atoms with Gasteiger partial charge in [-0.25, -0.2) is 0 Å². The Bertz CT molecular complexity index is 302. The Morgan fingerprint density at radius 1 is 1.50 bits per heavy atom. The fourth-order valence-corrected chi connectivity index (χ4v) is 1.90. The molecule has 1 aromatic heterocycles. The third-order valence-corrected chi connectivity index (χ3v) is 2.83. The van der Waals surface area contributed by atoms with Gasteiger partial charge >= 0.3 is 0 Å². The first-order valence-corrected chi connectivity index (χ1v) is 6.18. The lowest BCUT2D eigenvalue weighted by Crippen LogP contribution is -2.17. The van der Waals surface area contributed by atoms with E-state index in [1.807, 2.05) is 12.1 Å². The smallest absolute Gasteiger partial charge is 0.0599 e. The van der Waals surface area contributed by atoms with Crippen molar-refractivity contribution in [3.8, 4) is 0 Å². The van der Waals surface area contributed by atoms with Crippen molar-refractivity contribution in [2.45, 2.75) is 25.9 Å². The molecule has 0 fully saturated rings. The molecule has 1 N–H and O–H groups in total. The molecule has 90 valence electrons. The molecule has 0 spiro atoms. The van der Waals surface area contributed by atoms with Crippen molar-refractivity contribution in [2.75, 3.05) is 13.7 Å². The van der Waals surface area contributed by atoms with Crippen molar-refractivity contribution in [2.24, 2.45) is 5.92 Å². The number of aliphatic hydroxyl groups is 1. The van der Waals surface area contributed by atoms with Gasteiger partial charge in [0.2, 0.25) is 0 Å². The van der Waals surface area contributed by atoms with E-state index in [1.165, 1.54) is 0 Å². The average molecular weight is 288 g/mol. The van der Waals surface area contributed by atoms with Gasteiger partial charge in [0.05, 0.1) is 6.10 Å². The summed E-state index contributed by atoms with van der Waals surface area (Å²) in [4.78, 5) is 4.23. The second-order valence-electron chi connectivity index (χ2n) is 4.12. The minimum Gasteiger partial charge on any atom is -0.393 e. The van der Waals surface area contributed by atoms with E-state index in [-0.39, 0.29) is 6.10 Å². The number of pyridine rings is 1. The molecule has 0 amide bonds. The Balaban J connectivity index is 2.39. The SMILES string of the molecule is COCC(C)CC(O)Cc1ccc(Br)cn1. The van der Waals surface area contributed by atoms with E-state index in [9.17, 15) is 5.11 Å². The summed E-state index contributed by atoms with van der Waals surface area (Å²) in [6.07, 6.45) is 2.74. The molecule has 0 aromatic carbocycles. The standard InChI is InChI=1S/C12H18BrNO2/c1-9(8-16-2)5-12(15)6-11-4-3-10(13)7-14-11/h3-4,7,9,12,15H,5-6,8H2,1-2H3. The fourth-order valence-electron chi connectivity index (χ4n) is 1.67. The van der Waals surface area contributed by atoms with Crippen LogP contribution in [0.3, 0.4) is 0 Å². The number of nitrogens with zero attached hydrogens (tertiary/aromatic N) is 1. The predicted octanol–water partition coefficient (Wildman–Crippen LogP) is 2.42. The van der Waals surface area contributed by atoms with Gasteiger partial charge in [0, 0.05) is 36.5 Å². The Labute approximate surface area is 105 Å². The van der Waals surface area contributed by atoms with Gasteiger partial charge < -0.3 is 9.84 Å². The zero-order chi connectivity index (χ0) is 12.0. The van der Waals surface area contributed by atoms with E-state index in [4.69, 9.17) is 4.74 Å². The lowest BCUT2D eigenvalue weighted by Gasteiger charge is -2.15. The third-order valence-electron chi connectivity index (χ3n) is 2.36. The maximum atomic E-state index is 9.86. The summed E-state index contributed by atoms with van der Waals surface area (Å²) < 4.78 is 5.99. The van der Waals surface area contributed by atoms with Gasteiger partial charge in [0.25, 0.3) is 0 Å². The topological polar surface area (TPSA) is 42.4 Å². The summed E-state index contributed by atoms with van der Waals surface area (Å²) >= 11 is 3.33. The van der Waals surface area contributed by atoms with Gasteiger partial charge in [0.15, 0.2) is 0 Å². The number of methoxy groups -OCH3 is 1. The van der Waals surface area contributed by atoms with Gasteiger partial charge in [0.1, 0.15) is 0 Å². The van der Waals surface area contributed by atoms with Crippen molar-refractivity contribution < 1.29 is 9.84 Å². The first kappa shape index (κ1) is 13.6. The molecule has 0 saturated heterocycles. The largest absolute Gasteiger partial charge is 0.393 e. The summed E-state index contributed by atoms with van der Waals surface area (Å²) in [6.45, 7) is 2.76. The number of rotatable bonds is 6. The monoisotopic (exact) mass is 287 g/mol. The Kier molecular flexibility index (Phi) is 5.95. The highest BCUT2D eigenvalue weighted by Gasteiger charge is 2.11. The minimum atomic E-state index is -0.348. The Morgan fingerprint density at radius 3 is 2.81 bits per heavy atom. The van der Waals surface area contributed by atoms with Crippen LogP contribution in [0.1, 0.15) is 19.0 Å². The molecular weight excluding hydrogens is 270 g/mol. The molecule has 1 heterocycles. The second kappa shape index (κ2) is 6.99. The van der Waals surface area contributed by atoms with Gasteiger partial charge in [-0.15, -0.1) is 0 Å². The van der Waals surface area contributed by atoms with E-state index >= 15 is 0 Å². The molecule has 3 nitrogen and oxygen atoms in total. The lowest BCUT2D eigenvalue weighted by atomic mass is 10.0. The molecule has 2 unspecified atom stereocenters. The molecule has 0 bridgehead atoms. The van der Waals surface area contributed by atoms with Crippen molar-refractivity contribution in [3.63, 3.8) is 0 Å². The predicted molar refractivity (Wildman–Crippen MR) is 67.3 cm³/mol. The third kappa shape index (κ3) is 5.05. The molecule has 0 aliphatic carbocycles. The Hall–Kier alpha value is -0.450. The molecule has 2 atom stereocenters. The zero-order valence-corrected chi connectivity index (χ0v) is 11.3. The van der Waals surface area contributed by atoms with E-state index in [1.54, 1.807) is 13.3 Å². The van der Waals surface area contributed by atoms with Crippen LogP contribution in [0.25, 0.3) is 0 Å². The lowest BCUT2D eigenvalue weighted by molar-refractivity contribution is 0.101. The highest BCUT2D eigenvalue weighted by molar-refractivity contribution is 9.10. The van der Waals surface area contributed by atoms with Crippen molar-refractivity contribution >= 4 is 15.9 Å². The molecule has 16 heavy (non-hydrogen) atoms. The zero-order valence-electron chi connectivity index (χ0n) is 9.69. The van der Waals surface area contributed by atoms with E-state index in [2.05, 4.69) is 27.8 Å². The fraction of sp³-hybridized carbons (Fsp3) is 0.583. The van der Waals surface area contributed by atoms with E-state index in [0.717, 1.165) is 16.6 Å². The highest BCUT2D eigenvalue weighted by atomic mass is 79.9. The van der Waals surface area contributed by atoms with Crippen LogP contribution >= 0.6 is 15.9 Å². The number of aromatic nitrogens is 1. The van der Waals surface area contributed by atoms with Crippen LogP contribution in [0.2, 0.25) is 0 Å². The maximum Gasteiger partial charge on any atom is 0.0599 e. The summed E-state index contributed by atoms with van der Waals surface area (Å²) in [5, 5.41) is 9.86. The first-order chi connectivity index (χ1) is 7.61. The molecule has 1 rings (SSSR count). The van der Waals surface area contributed by atoms with E-state index < -0.39 is 0 Å². The molecule has 0 aliphatic heterocycles. The van der Waals surface area contributed by atoms with Crippen molar-refractivity contribution in [1.82, 2.24) is 4.98 Å². The average Bonchev–Trinajstić information content (AvgIpc) is 2.21. The van der Waals surface area contributed by atoms with Crippen LogP contribution in [0.15, 0.2) is 22.8 Å². The number of hydrogen-bond donors (Lipinski definition) is 1. The van der Waals surface area contributed by atoms with Crippen molar-refractivity contribution in [1.29, 1.82) is 0 Å². The number of aliphatic hydroxyl groups excluding tert-OH is 1. The summed E-state index contributed by atoms with van der Waals surface area (Å²) in [6, 6.07) is 3.86. The van der Waals surface area contributed by atoms with Gasteiger partial charge in [-0.3, -0.25) is 4.98 Å². The van der Waals surface area contributed by atoms with Crippen LogP contribution in [-0.2, 0) is 11.2 Å². The van der Waals surface area contributed by atoms with E-state index in [0.29, 0.717) is 18.9 Å². The van der Waals surface area contributed by atoms with Crippen LogP contribution in [0.4, 0.5) is 0 Å². The molecule has 0 aliphatic rings. The van der Waals surface area contributed by atoms with Gasteiger partial charge in [-0.05, 0) is 40.4 Å². The normalized spacial score (nSPS) is 14.8. The molecular formula is C12H18BrNO2. The van der Waals surface area contributed by atoms with Crippen LogP contribution < -0.4 is 0 Å². The van der Waals surface area contributed by atoms with Crippen molar-refractivity contribution in [3.05, 3.63) is 28.5 Å². The summed E-state index contributed by atoms with van der Waals surface area (Å²) in [5.74, 6) is 0.371. The Morgan fingerprint density at radius 2 is 2.25 bits per heavy atom. The molecule has 4 heteroatoms. The second-order valence-corrected chi connectivity index (χ2v) is 5.04. The summed E-state index contributed by atoms with van der Waals surface area (Å²) in [7, 11) is 1.68. The minimum absolute atomic E-state index is 0.348.